The predicted octanol–water partition coefficient (Wildman–Crippen LogP) is 4.83. The highest BCUT2D eigenvalue weighted by Crippen LogP contribution is 2.28. The SMILES string of the molecule is COc1cccc(CN(C(=O)Cn2nnc3ccccc32)[C@H](C(=O)NCc2ccccc2)c2ccccc2C)c1. The number of benzene rings is 4. The molecule has 0 aliphatic carbocycles. The zero-order chi connectivity index (χ0) is 27.9. The Balaban J connectivity index is 1.53. The zero-order valence-electron chi connectivity index (χ0n) is 22.5. The highest BCUT2D eigenvalue weighted by molar-refractivity contribution is 5.89. The summed E-state index contributed by atoms with van der Waals surface area (Å²) < 4.78 is 7.00. The first-order valence-electron chi connectivity index (χ1n) is 13.1. The van der Waals surface area contributed by atoms with Gasteiger partial charge in [0.2, 0.25) is 11.8 Å². The van der Waals surface area contributed by atoms with E-state index in [2.05, 4.69) is 15.6 Å². The van der Waals surface area contributed by atoms with E-state index in [1.165, 1.54) is 0 Å². The van der Waals surface area contributed by atoms with Gasteiger partial charge in [-0.25, -0.2) is 4.68 Å². The third-order valence-electron chi connectivity index (χ3n) is 6.87. The molecule has 5 rings (SSSR count). The summed E-state index contributed by atoms with van der Waals surface area (Å²) in [5, 5.41) is 11.5. The Bertz CT molecular complexity index is 1620. The fraction of sp³-hybridized carbons (Fsp3) is 0.188. The van der Waals surface area contributed by atoms with Gasteiger partial charge >= 0.3 is 0 Å². The standard InChI is InChI=1S/C32H31N5O3/c1-23-11-6-7-16-27(23)31(32(39)33-20-24-12-4-3-5-13-24)36(21-25-14-10-15-26(19-25)40-2)30(38)22-37-29-18-9-8-17-28(29)34-35-37/h3-19,31H,20-22H2,1-2H3,(H,33,39)/t31-/m0/s1. The molecule has 1 heterocycles. The van der Waals surface area contributed by atoms with E-state index in [1.54, 1.807) is 16.7 Å². The maximum atomic E-state index is 14.1. The number of aryl methyl sites for hydroxylation is 1. The molecule has 8 heteroatoms. The van der Waals surface area contributed by atoms with Crippen LogP contribution in [0, 0.1) is 6.92 Å². The molecule has 40 heavy (non-hydrogen) atoms. The molecule has 0 spiro atoms. The molecular formula is C32H31N5O3. The largest absolute Gasteiger partial charge is 0.497 e. The van der Waals surface area contributed by atoms with Crippen LogP contribution in [0.4, 0.5) is 0 Å². The summed E-state index contributed by atoms with van der Waals surface area (Å²) >= 11 is 0. The quantitative estimate of drug-likeness (QED) is 0.278. The Morgan fingerprint density at radius 2 is 1.62 bits per heavy atom. The van der Waals surface area contributed by atoms with Crippen LogP contribution < -0.4 is 10.1 Å². The maximum Gasteiger partial charge on any atom is 0.247 e. The summed E-state index contributed by atoms with van der Waals surface area (Å²) in [6.07, 6.45) is 0. The summed E-state index contributed by atoms with van der Waals surface area (Å²) in [4.78, 5) is 29.7. The fourth-order valence-electron chi connectivity index (χ4n) is 4.77. The minimum atomic E-state index is -0.876. The van der Waals surface area contributed by atoms with Gasteiger partial charge in [0, 0.05) is 13.1 Å². The number of carbonyl (C=O) groups excluding carboxylic acids is 2. The van der Waals surface area contributed by atoms with Crippen molar-refractivity contribution in [3.8, 4) is 5.75 Å². The Morgan fingerprint density at radius 3 is 2.42 bits per heavy atom. The van der Waals surface area contributed by atoms with Gasteiger partial charge in [0.1, 0.15) is 23.9 Å². The maximum absolute atomic E-state index is 14.1. The Hall–Kier alpha value is -4.98. The van der Waals surface area contributed by atoms with Crippen LogP contribution in [-0.2, 0) is 29.2 Å². The van der Waals surface area contributed by atoms with E-state index in [4.69, 9.17) is 4.74 Å². The monoisotopic (exact) mass is 533 g/mol. The highest BCUT2D eigenvalue weighted by Gasteiger charge is 2.33. The van der Waals surface area contributed by atoms with E-state index in [-0.39, 0.29) is 24.9 Å². The fourth-order valence-corrected chi connectivity index (χ4v) is 4.77. The third-order valence-corrected chi connectivity index (χ3v) is 6.87. The number of carbonyl (C=O) groups is 2. The highest BCUT2D eigenvalue weighted by atomic mass is 16.5. The van der Waals surface area contributed by atoms with Gasteiger partial charge in [0.15, 0.2) is 0 Å². The molecule has 0 aliphatic heterocycles. The molecule has 1 atom stereocenters. The number of ether oxygens (including phenoxy) is 1. The van der Waals surface area contributed by atoms with Crippen LogP contribution in [0.2, 0.25) is 0 Å². The van der Waals surface area contributed by atoms with Crippen LogP contribution in [-0.4, -0.2) is 38.8 Å². The van der Waals surface area contributed by atoms with Crippen molar-refractivity contribution in [2.75, 3.05) is 7.11 Å². The van der Waals surface area contributed by atoms with E-state index in [0.717, 1.165) is 27.8 Å². The van der Waals surface area contributed by atoms with Gasteiger partial charge < -0.3 is 15.0 Å². The Morgan fingerprint density at radius 1 is 0.900 bits per heavy atom. The molecule has 0 unspecified atom stereocenters. The van der Waals surface area contributed by atoms with Gasteiger partial charge in [-0.15, -0.1) is 5.10 Å². The lowest BCUT2D eigenvalue weighted by Gasteiger charge is -2.32. The number of rotatable bonds is 10. The Kier molecular flexibility index (Phi) is 8.15. The number of hydrogen-bond donors (Lipinski definition) is 1. The summed E-state index contributed by atoms with van der Waals surface area (Å²) in [5.74, 6) is 0.146. The van der Waals surface area contributed by atoms with Crippen molar-refractivity contribution < 1.29 is 14.3 Å². The molecule has 0 fully saturated rings. The van der Waals surface area contributed by atoms with Gasteiger partial charge in [0.05, 0.1) is 12.6 Å². The smallest absolute Gasteiger partial charge is 0.247 e. The van der Waals surface area contributed by atoms with Crippen LogP contribution in [0.1, 0.15) is 28.3 Å². The molecule has 202 valence electrons. The number of nitrogens with one attached hydrogen (secondary N) is 1. The molecule has 5 aromatic rings. The molecule has 4 aromatic carbocycles. The summed E-state index contributed by atoms with van der Waals surface area (Å²) in [6, 6.07) is 31.5. The van der Waals surface area contributed by atoms with Gasteiger partial charge in [-0.3, -0.25) is 9.59 Å². The van der Waals surface area contributed by atoms with E-state index in [1.807, 2.05) is 110 Å². The molecule has 0 saturated heterocycles. The first kappa shape index (κ1) is 26.6. The van der Waals surface area contributed by atoms with Crippen molar-refractivity contribution in [1.29, 1.82) is 0 Å². The van der Waals surface area contributed by atoms with Crippen LogP contribution in [0.25, 0.3) is 11.0 Å². The number of fused-ring (bicyclic) bond motifs is 1. The first-order valence-corrected chi connectivity index (χ1v) is 13.1. The molecular weight excluding hydrogens is 502 g/mol. The molecule has 0 radical (unpaired) electrons. The second-order valence-electron chi connectivity index (χ2n) is 9.57. The number of aromatic nitrogens is 3. The minimum absolute atomic E-state index is 0.0706. The van der Waals surface area contributed by atoms with Crippen molar-refractivity contribution in [2.24, 2.45) is 0 Å². The second kappa shape index (κ2) is 12.3. The van der Waals surface area contributed by atoms with Crippen LogP contribution in [0.3, 0.4) is 0 Å². The lowest BCUT2D eigenvalue weighted by Crippen LogP contribution is -2.44. The molecule has 0 saturated carbocycles. The van der Waals surface area contributed by atoms with Gasteiger partial charge in [0.25, 0.3) is 0 Å². The third kappa shape index (κ3) is 6.02. The summed E-state index contributed by atoms with van der Waals surface area (Å²) in [7, 11) is 1.60. The lowest BCUT2D eigenvalue weighted by molar-refractivity contribution is -0.142. The van der Waals surface area contributed by atoms with Gasteiger partial charge in [-0.1, -0.05) is 84.1 Å². The summed E-state index contributed by atoms with van der Waals surface area (Å²) in [5.41, 5.74) is 4.93. The van der Waals surface area contributed by atoms with Crippen LogP contribution in [0.15, 0.2) is 103 Å². The minimum Gasteiger partial charge on any atom is -0.497 e. The molecule has 8 nitrogen and oxygen atoms in total. The van der Waals surface area contributed by atoms with Crippen LogP contribution >= 0.6 is 0 Å². The molecule has 1 aromatic heterocycles. The molecule has 0 aliphatic rings. The van der Waals surface area contributed by atoms with Crippen LogP contribution in [0.5, 0.6) is 5.75 Å². The van der Waals surface area contributed by atoms with Crippen molar-refractivity contribution in [3.63, 3.8) is 0 Å². The molecule has 0 bridgehead atoms. The van der Waals surface area contributed by atoms with Crippen molar-refractivity contribution in [1.82, 2.24) is 25.2 Å². The summed E-state index contributed by atoms with van der Waals surface area (Å²) in [6.45, 7) is 2.42. The van der Waals surface area contributed by atoms with E-state index in [9.17, 15) is 9.59 Å². The van der Waals surface area contributed by atoms with Crippen molar-refractivity contribution >= 4 is 22.8 Å². The van der Waals surface area contributed by atoms with Crippen molar-refractivity contribution in [3.05, 3.63) is 125 Å². The average Bonchev–Trinajstić information content (AvgIpc) is 3.39. The van der Waals surface area contributed by atoms with E-state index in [0.29, 0.717) is 17.8 Å². The second-order valence-corrected chi connectivity index (χ2v) is 9.57. The van der Waals surface area contributed by atoms with E-state index < -0.39 is 6.04 Å². The first-order chi connectivity index (χ1) is 19.5. The lowest BCUT2D eigenvalue weighted by atomic mass is 9.98. The number of hydrogen-bond acceptors (Lipinski definition) is 5. The molecule has 1 N–H and O–H groups in total. The average molecular weight is 534 g/mol. The van der Waals surface area contributed by atoms with Gasteiger partial charge in [-0.2, -0.15) is 0 Å². The van der Waals surface area contributed by atoms with Gasteiger partial charge in [-0.05, 0) is 53.4 Å². The molecule has 2 amide bonds. The number of para-hydroxylation sites is 1. The zero-order valence-corrected chi connectivity index (χ0v) is 22.5. The predicted molar refractivity (Wildman–Crippen MR) is 153 cm³/mol. The normalized spacial score (nSPS) is 11.7. The number of amides is 2. The van der Waals surface area contributed by atoms with E-state index >= 15 is 0 Å². The number of methoxy groups -OCH3 is 1. The topological polar surface area (TPSA) is 89.3 Å². The van der Waals surface area contributed by atoms with Crippen molar-refractivity contribution in [2.45, 2.75) is 32.6 Å². The Labute approximate surface area is 233 Å². The number of nitrogens with zero attached hydrogens (tertiary/aromatic N) is 4.